The zero-order valence-electron chi connectivity index (χ0n) is 13.8. The summed E-state index contributed by atoms with van der Waals surface area (Å²) in [6, 6.07) is 11.8. The number of aromatic hydroxyl groups is 1. The molecule has 3 nitrogen and oxygen atoms in total. The summed E-state index contributed by atoms with van der Waals surface area (Å²) in [7, 11) is 0. The zero-order valence-corrected chi connectivity index (χ0v) is 13.8. The van der Waals surface area contributed by atoms with Crippen molar-refractivity contribution in [2.45, 2.75) is 57.3 Å². The van der Waals surface area contributed by atoms with Crippen molar-refractivity contribution in [1.29, 1.82) is 0 Å². The number of rotatable bonds is 5. The standard InChI is InChI=1S/C20H24O3/c1-3-15(12-14-8-5-4-6-9-14)17-13-16(21)18(19(22)23-17)20(2)10-7-11-20/h4-6,8-9,13,15,21H,3,7,10-12H2,1-2H3. The van der Waals surface area contributed by atoms with Gasteiger partial charge in [0.15, 0.2) is 0 Å². The van der Waals surface area contributed by atoms with E-state index in [2.05, 4.69) is 19.1 Å². The van der Waals surface area contributed by atoms with Crippen LogP contribution in [0.25, 0.3) is 0 Å². The second-order valence-corrected chi connectivity index (χ2v) is 6.91. The summed E-state index contributed by atoms with van der Waals surface area (Å²) < 4.78 is 5.62. The molecule has 3 heteroatoms. The van der Waals surface area contributed by atoms with Crippen LogP contribution >= 0.6 is 0 Å². The Balaban J connectivity index is 1.91. The summed E-state index contributed by atoms with van der Waals surface area (Å²) >= 11 is 0. The van der Waals surface area contributed by atoms with Gasteiger partial charge in [-0.25, -0.2) is 4.79 Å². The third-order valence-corrected chi connectivity index (χ3v) is 5.23. The third kappa shape index (κ3) is 3.05. The van der Waals surface area contributed by atoms with Gasteiger partial charge in [0.1, 0.15) is 11.5 Å². The fraction of sp³-hybridized carbons (Fsp3) is 0.450. The number of benzene rings is 1. The molecular formula is C20H24O3. The molecule has 0 amide bonds. The minimum absolute atomic E-state index is 0.0965. The van der Waals surface area contributed by atoms with E-state index in [1.807, 2.05) is 25.1 Å². The fourth-order valence-electron chi connectivity index (χ4n) is 3.56. The summed E-state index contributed by atoms with van der Waals surface area (Å²) in [6.07, 6.45) is 4.63. The molecule has 23 heavy (non-hydrogen) atoms. The summed E-state index contributed by atoms with van der Waals surface area (Å²) in [5, 5.41) is 10.4. The van der Waals surface area contributed by atoms with Gasteiger partial charge >= 0.3 is 5.63 Å². The molecule has 1 saturated carbocycles. The largest absolute Gasteiger partial charge is 0.507 e. The van der Waals surface area contributed by atoms with Gasteiger partial charge in [0, 0.05) is 17.4 Å². The summed E-state index contributed by atoms with van der Waals surface area (Å²) in [5.74, 6) is 0.787. The molecule has 3 rings (SSSR count). The second-order valence-electron chi connectivity index (χ2n) is 6.91. The average molecular weight is 312 g/mol. The maximum absolute atomic E-state index is 12.4. The minimum Gasteiger partial charge on any atom is -0.507 e. The first-order chi connectivity index (χ1) is 11.0. The molecule has 1 heterocycles. The molecule has 1 aliphatic rings. The Kier molecular flexibility index (Phi) is 4.29. The van der Waals surface area contributed by atoms with Gasteiger partial charge in [-0.15, -0.1) is 0 Å². The van der Waals surface area contributed by atoms with E-state index in [1.165, 1.54) is 5.56 Å². The Morgan fingerprint density at radius 1 is 1.26 bits per heavy atom. The quantitative estimate of drug-likeness (QED) is 0.883. The summed E-state index contributed by atoms with van der Waals surface area (Å²) in [5.41, 5.74) is 1.08. The summed E-state index contributed by atoms with van der Waals surface area (Å²) in [6.45, 7) is 4.11. The first-order valence-electron chi connectivity index (χ1n) is 8.45. The number of hydrogen-bond donors (Lipinski definition) is 1. The molecule has 1 aliphatic carbocycles. The van der Waals surface area contributed by atoms with E-state index in [4.69, 9.17) is 4.42 Å². The molecule has 0 radical (unpaired) electrons. The van der Waals surface area contributed by atoms with Crippen LogP contribution in [0.15, 0.2) is 45.6 Å². The first-order valence-corrected chi connectivity index (χ1v) is 8.45. The van der Waals surface area contributed by atoms with Crippen LogP contribution in [-0.2, 0) is 11.8 Å². The molecule has 0 aliphatic heterocycles. The zero-order chi connectivity index (χ0) is 16.4. The van der Waals surface area contributed by atoms with Gasteiger partial charge in [0.2, 0.25) is 0 Å². The maximum Gasteiger partial charge on any atom is 0.343 e. The third-order valence-electron chi connectivity index (χ3n) is 5.23. The minimum atomic E-state index is -0.367. The van der Waals surface area contributed by atoms with Crippen LogP contribution in [0.4, 0.5) is 0 Å². The van der Waals surface area contributed by atoms with E-state index in [-0.39, 0.29) is 22.7 Å². The van der Waals surface area contributed by atoms with Crippen LogP contribution < -0.4 is 5.63 Å². The van der Waals surface area contributed by atoms with Crippen molar-refractivity contribution in [3.8, 4) is 5.75 Å². The monoisotopic (exact) mass is 312 g/mol. The van der Waals surface area contributed by atoms with Gasteiger partial charge in [0.25, 0.3) is 0 Å². The highest BCUT2D eigenvalue weighted by Gasteiger charge is 2.39. The molecule has 0 bridgehead atoms. The van der Waals surface area contributed by atoms with E-state index in [9.17, 15) is 9.90 Å². The first kappa shape index (κ1) is 15.9. The highest BCUT2D eigenvalue weighted by molar-refractivity contribution is 5.38. The molecule has 0 spiro atoms. The van der Waals surface area contributed by atoms with E-state index in [1.54, 1.807) is 6.07 Å². The molecule has 1 aromatic carbocycles. The molecule has 1 aromatic heterocycles. The smallest absolute Gasteiger partial charge is 0.343 e. The predicted molar refractivity (Wildman–Crippen MR) is 91.0 cm³/mol. The highest BCUT2D eigenvalue weighted by Crippen LogP contribution is 2.45. The van der Waals surface area contributed by atoms with E-state index in [0.29, 0.717) is 11.3 Å². The van der Waals surface area contributed by atoms with Crippen LogP contribution in [-0.4, -0.2) is 5.11 Å². The van der Waals surface area contributed by atoms with Gasteiger partial charge in [-0.1, -0.05) is 50.6 Å². The van der Waals surface area contributed by atoms with Gasteiger partial charge < -0.3 is 9.52 Å². The van der Waals surface area contributed by atoms with Crippen molar-refractivity contribution < 1.29 is 9.52 Å². The van der Waals surface area contributed by atoms with Gasteiger partial charge in [-0.05, 0) is 31.2 Å². The Morgan fingerprint density at radius 2 is 1.96 bits per heavy atom. The lowest BCUT2D eigenvalue weighted by Gasteiger charge is -2.38. The highest BCUT2D eigenvalue weighted by atomic mass is 16.4. The summed E-state index contributed by atoms with van der Waals surface area (Å²) in [4.78, 5) is 12.4. The van der Waals surface area contributed by atoms with Crippen molar-refractivity contribution in [1.82, 2.24) is 0 Å². The van der Waals surface area contributed by atoms with E-state index >= 15 is 0 Å². The van der Waals surface area contributed by atoms with E-state index in [0.717, 1.165) is 32.1 Å². The molecular weight excluding hydrogens is 288 g/mol. The number of hydrogen-bond acceptors (Lipinski definition) is 3. The Hall–Kier alpha value is -2.03. The molecule has 1 unspecified atom stereocenters. The van der Waals surface area contributed by atoms with Crippen molar-refractivity contribution in [3.63, 3.8) is 0 Å². The van der Waals surface area contributed by atoms with Crippen LogP contribution in [0, 0.1) is 0 Å². The SMILES string of the molecule is CCC(Cc1ccccc1)c1cc(O)c(C2(C)CCC2)c(=O)o1. The van der Waals surface area contributed by atoms with Gasteiger partial charge in [-0.2, -0.15) is 0 Å². The van der Waals surface area contributed by atoms with Crippen molar-refractivity contribution in [2.75, 3.05) is 0 Å². The van der Waals surface area contributed by atoms with Crippen LogP contribution in [0.2, 0.25) is 0 Å². The predicted octanol–water partition coefficient (Wildman–Crippen LogP) is 4.52. The Labute approximate surface area is 137 Å². The van der Waals surface area contributed by atoms with Crippen LogP contribution in [0.1, 0.15) is 62.3 Å². The lowest BCUT2D eigenvalue weighted by molar-refractivity contribution is 0.247. The fourth-order valence-corrected chi connectivity index (χ4v) is 3.56. The average Bonchev–Trinajstić information content (AvgIpc) is 2.51. The molecule has 1 atom stereocenters. The van der Waals surface area contributed by atoms with Gasteiger partial charge in [-0.3, -0.25) is 0 Å². The van der Waals surface area contributed by atoms with Crippen molar-refractivity contribution >= 4 is 0 Å². The molecule has 0 saturated heterocycles. The van der Waals surface area contributed by atoms with Crippen LogP contribution in [0.5, 0.6) is 5.75 Å². The van der Waals surface area contributed by atoms with Crippen molar-refractivity contribution in [2.24, 2.45) is 0 Å². The normalized spacial score (nSPS) is 17.5. The Morgan fingerprint density at radius 3 is 2.48 bits per heavy atom. The molecule has 1 N–H and O–H groups in total. The molecule has 1 fully saturated rings. The van der Waals surface area contributed by atoms with Crippen molar-refractivity contribution in [3.05, 3.63) is 63.7 Å². The topological polar surface area (TPSA) is 50.4 Å². The molecule has 2 aromatic rings. The van der Waals surface area contributed by atoms with Crippen LogP contribution in [0.3, 0.4) is 0 Å². The van der Waals surface area contributed by atoms with Gasteiger partial charge in [0.05, 0.1) is 5.56 Å². The lowest BCUT2D eigenvalue weighted by atomic mass is 9.66. The lowest BCUT2D eigenvalue weighted by Crippen LogP contribution is -2.35. The second kappa shape index (κ2) is 6.23. The Bertz CT molecular complexity index is 726. The van der Waals surface area contributed by atoms with E-state index < -0.39 is 0 Å². The maximum atomic E-state index is 12.4. The molecule has 122 valence electrons.